The minimum atomic E-state index is -1.28. The highest BCUT2D eigenvalue weighted by Gasteiger charge is 2.13. The van der Waals surface area contributed by atoms with Crippen molar-refractivity contribution in [1.82, 2.24) is 0 Å². The highest BCUT2D eigenvalue weighted by atomic mass is 79.9. The Kier molecular flexibility index (Phi) is 4.48. The van der Waals surface area contributed by atoms with Gasteiger partial charge in [0, 0.05) is 14.2 Å². The van der Waals surface area contributed by atoms with E-state index in [-0.39, 0.29) is 11.5 Å². The zero-order chi connectivity index (χ0) is 13.1. The molecule has 1 unspecified atom stereocenters. The van der Waals surface area contributed by atoms with Crippen LogP contribution in [0.25, 0.3) is 0 Å². The summed E-state index contributed by atoms with van der Waals surface area (Å²) in [5, 5.41) is 0. The van der Waals surface area contributed by atoms with Crippen molar-refractivity contribution in [2.45, 2.75) is 11.8 Å². The van der Waals surface area contributed by atoms with Gasteiger partial charge in [-0.15, -0.1) is 11.3 Å². The van der Waals surface area contributed by atoms with Crippen molar-refractivity contribution in [3.63, 3.8) is 0 Å². The number of hydrogen-bond acceptors (Lipinski definition) is 3. The number of ketones is 1. The highest BCUT2D eigenvalue weighted by Crippen LogP contribution is 2.18. The lowest BCUT2D eigenvalue weighted by atomic mass is 10.3. The fraction of sp³-hybridized carbons (Fsp3) is 0.154. The number of carbonyl (C=O) groups excluding carboxylic acids is 1. The molecule has 5 heteroatoms. The van der Waals surface area contributed by atoms with Gasteiger partial charge in [-0.05, 0) is 43.3 Å². The molecule has 0 aliphatic rings. The molecule has 0 saturated carbocycles. The van der Waals surface area contributed by atoms with Crippen molar-refractivity contribution in [2.24, 2.45) is 0 Å². The molecule has 0 aliphatic heterocycles. The van der Waals surface area contributed by atoms with Crippen LogP contribution in [0.2, 0.25) is 0 Å². The van der Waals surface area contributed by atoms with Gasteiger partial charge < -0.3 is 0 Å². The Morgan fingerprint density at radius 3 is 2.44 bits per heavy atom. The van der Waals surface area contributed by atoms with Crippen LogP contribution >= 0.6 is 27.3 Å². The fourth-order valence-electron chi connectivity index (χ4n) is 1.44. The van der Waals surface area contributed by atoms with Crippen molar-refractivity contribution < 1.29 is 9.00 Å². The number of aryl methyl sites for hydroxylation is 1. The van der Waals surface area contributed by atoms with Gasteiger partial charge in [-0.3, -0.25) is 9.00 Å². The van der Waals surface area contributed by atoms with Crippen molar-refractivity contribution in [3.05, 3.63) is 50.6 Å². The quantitative estimate of drug-likeness (QED) is 0.791. The summed E-state index contributed by atoms with van der Waals surface area (Å²) in [4.78, 5) is 14.4. The van der Waals surface area contributed by atoms with E-state index in [9.17, 15) is 9.00 Å². The molecule has 18 heavy (non-hydrogen) atoms. The lowest BCUT2D eigenvalue weighted by Crippen LogP contribution is -2.09. The average Bonchev–Trinajstić information content (AvgIpc) is 2.76. The Labute approximate surface area is 121 Å². The van der Waals surface area contributed by atoms with Crippen LogP contribution in [0.3, 0.4) is 0 Å². The normalized spacial score (nSPS) is 12.3. The molecular formula is C13H11BrO2S2. The van der Waals surface area contributed by atoms with E-state index in [1.54, 1.807) is 18.2 Å². The van der Waals surface area contributed by atoms with Gasteiger partial charge in [0.15, 0.2) is 5.78 Å². The Hall–Kier alpha value is -0.780. The van der Waals surface area contributed by atoms with Crippen LogP contribution in [-0.2, 0) is 10.8 Å². The van der Waals surface area contributed by atoms with Crippen molar-refractivity contribution in [3.8, 4) is 0 Å². The molecule has 1 aromatic heterocycles. The molecule has 2 nitrogen and oxygen atoms in total. The molecule has 94 valence electrons. The first kappa shape index (κ1) is 13.6. The van der Waals surface area contributed by atoms with Gasteiger partial charge in [0.1, 0.15) is 0 Å². The van der Waals surface area contributed by atoms with Crippen LogP contribution < -0.4 is 0 Å². The number of rotatable bonds is 4. The monoisotopic (exact) mass is 342 g/mol. The molecule has 0 aliphatic carbocycles. The molecular weight excluding hydrogens is 332 g/mol. The first-order chi connectivity index (χ1) is 8.56. The van der Waals surface area contributed by atoms with Crippen LogP contribution in [0.15, 0.2) is 45.8 Å². The minimum absolute atomic E-state index is 0.0432. The fourth-order valence-corrected chi connectivity index (χ4v) is 3.60. The van der Waals surface area contributed by atoms with Gasteiger partial charge in [0.2, 0.25) is 0 Å². The van der Waals surface area contributed by atoms with E-state index in [1.807, 2.05) is 25.1 Å². The van der Waals surface area contributed by atoms with Gasteiger partial charge in [-0.2, -0.15) is 0 Å². The summed E-state index contributed by atoms with van der Waals surface area (Å²) < 4.78 is 13.0. The standard InChI is InChI=1S/C13H11BrO2S2/c1-9-2-7-13(17-9)12(15)8-18(16)11-5-3-10(14)4-6-11/h2-7H,8H2,1H3. The summed E-state index contributed by atoms with van der Waals surface area (Å²) in [5.41, 5.74) is 0. The molecule has 1 aromatic carbocycles. The van der Waals surface area contributed by atoms with E-state index in [0.29, 0.717) is 9.77 Å². The Balaban J connectivity index is 2.08. The van der Waals surface area contributed by atoms with Gasteiger partial charge in [-0.25, -0.2) is 0 Å². The smallest absolute Gasteiger partial charge is 0.185 e. The van der Waals surface area contributed by atoms with E-state index in [1.165, 1.54) is 11.3 Å². The van der Waals surface area contributed by atoms with Crippen LogP contribution in [-0.4, -0.2) is 15.7 Å². The zero-order valence-corrected chi connectivity index (χ0v) is 12.9. The van der Waals surface area contributed by atoms with Crippen LogP contribution in [0.5, 0.6) is 0 Å². The van der Waals surface area contributed by atoms with E-state index >= 15 is 0 Å². The summed E-state index contributed by atoms with van der Waals surface area (Å²) >= 11 is 4.76. The van der Waals surface area contributed by atoms with Gasteiger partial charge in [0.25, 0.3) is 0 Å². The SMILES string of the molecule is Cc1ccc(C(=O)CS(=O)c2ccc(Br)cc2)s1. The summed E-state index contributed by atoms with van der Waals surface area (Å²) in [5.74, 6) is -0.0175. The van der Waals surface area contributed by atoms with Crippen molar-refractivity contribution in [2.75, 3.05) is 5.75 Å². The third-order valence-corrected chi connectivity index (χ3v) is 5.25. The second-order valence-electron chi connectivity index (χ2n) is 3.78. The third kappa shape index (κ3) is 3.37. The van der Waals surface area contributed by atoms with E-state index in [4.69, 9.17) is 0 Å². The molecule has 2 aromatic rings. The maximum Gasteiger partial charge on any atom is 0.185 e. The number of hydrogen-bond donors (Lipinski definition) is 0. The van der Waals surface area contributed by atoms with Crippen LogP contribution in [0, 0.1) is 6.92 Å². The predicted octanol–water partition coefficient (Wildman–Crippen LogP) is 3.81. The number of thiophene rings is 1. The van der Waals surface area contributed by atoms with Gasteiger partial charge in [0.05, 0.1) is 21.4 Å². The maximum absolute atomic E-state index is 12.0. The average molecular weight is 343 g/mol. The molecule has 0 bridgehead atoms. The molecule has 0 fully saturated rings. The summed E-state index contributed by atoms with van der Waals surface area (Å²) in [6.07, 6.45) is 0. The largest absolute Gasteiger partial charge is 0.292 e. The topological polar surface area (TPSA) is 34.1 Å². The van der Waals surface area contributed by atoms with E-state index in [0.717, 1.165) is 9.35 Å². The van der Waals surface area contributed by atoms with Crippen molar-refractivity contribution >= 4 is 43.8 Å². The molecule has 0 N–H and O–H groups in total. The molecule has 0 saturated heterocycles. The van der Waals surface area contributed by atoms with E-state index < -0.39 is 10.8 Å². The third-order valence-electron chi connectivity index (χ3n) is 2.35. The highest BCUT2D eigenvalue weighted by molar-refractivity contribution is 9.10. The molecule has 2 rings (SSSR count). The minimum Gasteiger partial charge on any atom is -0.292 e. The number of halogens is 1. The lowest BCUT2D eigenvalue weighted by molar-refractivity contribution is 0.102. The maximum atomic E-state index is 12.0. The molecule has 1 atom stereocenters. The second-order valence-corrected chi connectivity index (χ2v) is 7.43. The summed E-state index contributed by atoms with van der Waals surface area (Å²) in [6.45, 7) is 1.95. The second kappa shape index (κ2) is 5.91. The van der Waals surface area contributed by atoms with Crippen molar-refractivity contribution in [1.29, 1.82) is 0 Å². The lowest BCUT2D eigenvalue weighted by Gasteiger charge is -2.01. The zero-order valence-electron chi connectivity index (χ0n) is 9.68. The number of carbonyl (C=O) groups is 1. The Bertz CT molecular complexity index is 587. The van der Waals surface area contributed by atoms with Crippen LogP contribution in [0.4, 0.5) is 0 Å². The number of Topliss-reactive ketones (excluding diaryl/α,β-unsaturated/α-hetero) is 1. The molecule has 0 amide bonds. The van der Waals surface area contributed by atoms with Crippen LogP contribution in [0.1, 0.15) is 14.5 Å². The summed E-state index contributed by atoms with van der Waals surface area (Å²) in [7, 11) is -1.28. The Morgan fingerprint density at radius 2 is 1.89 bits per heavy atom. The molecule has 1 heterocycles. The van der Waals surface area contributed by atoms with Gasteiger partial charge in [-0.1, -0.05) is 15.9 Å². The summed E-state index contributed by atoms with van der Waals surface area (Å²) in [6, 6.07) is 10.9. The van der Waals surface area contributed by atoms with E-state index in [2.05, 4.69) is 15.9 Å². The first-order valence-electron chi connectivity index (χ1n) is 5.30. The first-order valence-corrected chi connectivity index (χ1v) is 8.22. The Morgan fingerprint density at radius 1 is 1.22 bits per heavy atom. The number of benzene rings is 1. The predicted molar refractivity (Wildman–Crippen MR) is 78.8 cm³/mol. The molecule has 0 spiro atoms. The van der Waals surface area contributed by atoms with Gasteiger partial charge >= 0.3 is 0 Å². The molecule has 0 radical (unpaired) electrons.